The van der Waals surface area contributed by atoms with Gasteiger partial charge < -0.3 is 4.98 Å². The number of halogens is 1. The van der Waals surface area contributed by atoms with Crippen LogP contribution >= 0.6 is 11.6 Å². The fourth-order valence-corrected chi connectivity index (χ4v) is 3.40. The van der Waals surface area contributed by atoms with Gasteiger partial charge in [-0.15, -0.1) is 10.2 Å². The molecule has 0 atom stereocenters. The van der Waals surface area contributed by atoms with Gasteiger partial charge in [0, 0.05) is 27.2 Å². The largest absolute Gasteiger partial charge is 0.357 e. The minimum atomic E-state index is 0.429. The van der Waals surface area contributed by atoms with Crippen molar-refractivity contribution in [2.75, 3.05) is 0 Å². The number of aromatic amines is 2. The summed E-state index contributed by atoms with van der Waals surface area (Å²) in [6.07, 6.45) is 0.584. The van der Waals surface area contributed by atoms with Gasteiger partial charge in [-0.1, -0.05) is 61.0 Å². The Balaban J connectivity index is 1.96. The minimum absolute atomic E-state index is 0.429. The monoisotopic (exact) mass is 351 g/mol. The number of nitrogens with one attached hydrogen (secondary N) is 2. The molecule has 126 valence electrons. The number of para-hydroxylation sites is 1. The van der Waals surface area contributed by atoms with E-state index in [9.17, 15) is 0 Å². The number of tetrazole rings is 1. The second-order valence-corrected chi connectivity index (χ2v) is 6.85. The lowest BCUT2D eigenvalue weighted by atomic mass is 9.96. The summed E-state index contributed by atoms with van der Waals surface area (Å²) >= 11 is 6.07. The van der Waals surface area contributed by atoms with Gasteiger partial charge in [0.1, 0.15) is 0 Å². The number of benzene rings is 2. The van der Waals surface area contributed by atoms with E-state index in [1.54, 1.807) is 0 Å². The number of rotatable bonds is 4. The highest BCUT2D eigenvalue weighted by atomic mass is 35.5. The molecular formula is C19H18ClN5. The van der Waals surface area contributed by atoms with E-state index in [0.717, 1.165) is 16.3 Å². The molecule has 0 radical (unpaired) electrons. The topological polar surface area (TPSA) is 70.2 Å². The first kappa shape index (κ1) is 15.8. The van der Waals surface area contributed by atoms with Crippen LogP contribution in [0.4, 0.5) is 0 Å². The third-order valence-electron chi connectivity index (χ3n) is 4.42. The van der Waals surface area contributed by atoms with Crippen LogP contribution in [0.25, 0.3) is 22.0 Å². The van der Waals surface area contributed by atoms with Crippen LogP contribution in [-0.4, -0.2) is 25.6 Å². The van der Waals surface area contributed by atoms with E-state index < -0.39 is 0 Å². The van der Waals surface area contributed by atoms with Gasteiger partial charge in [0.05, 0.1) is 6.42 Å². The van der Waals surface area contributed by atoms with Crippen molar-refractivity contribution in [2.24, 2.45) is 0 Å². The van der Waals surface area contributed by atoms with Crippen molar-refractivity contribution in [2.45, 2.75) is 26.2 Å². The number of hydrogen-bond donors (Lipinski definition) is 2. The quantitative estimate of drug-likeness (QED) is 0.559. The molecule has 25 heavy (non-hydrogen) atoms. The molecule has 2 aromatic carbocycles. The molecule has 6 heteroatoms. The molecule has 0 aliphatic rings. The Morgan fingerprint density at radius 2 is 1.88 bits per heavy atom. The molecule has 0 spiro atoms. The molecule has 2 heterocycles. The van der Waals surface area contributed by atoms with Crippen LogP contribution in [0.3, 0.4) is 0 Å². The molecule has 2 aromatic heterocycles. The lowest BCUT2D eigenvalue weighted by Gasteiger charge is -2.07. The Hall–Kier alpha value is -2.66. The Bertz CT molecular complexity index is 1000. The minimum Gasteiger partial charge on any atom is -0.357 e. The van der Waals surface area contributed by atoms with Gasteiger partial charge in [-0.2, -0.15) is 5.21 Å². The van der Waals surface area contributed by atoms with Crippen LogP contribution in [0.2, 0.25) is 5.02 Å². The van der Waals surface area contributed by atoms with Crippen molar-refractivity contribution in [1.29, 1.82) is 0 Å². The highest BCUT2D eigenvalue weighted by Crippen LogP contribution is 2.37. The Morgan fingerprint density at radius 1 is 1.08 bits per heavy atom. The Kier molecular flexibility index (Phi) is 4.01. The van der Waals surface area contributed by atoms with Crippen molar-refractivity contribution in [1.82, 2.24) is 25.6 Å². The van der Waals surface area contributed by atoms with Crippen LogP contribution in [0, 0.1) is 0 Å². The van der Waals surface area contributed by atoms with E-state index in [0.29, 0.717) is 18.2 Å². The Labute approximate surface area is 150 Å². The maximum Gasteiger partial charge on any atom is 0.180 e. The number of aromatic nitrogens is 5. The third kappa shape index (κ3) is 2.91. The average molecular weight is 352 g/mol. The lowest BCUT2D eigenvalue weighted by molar-refractivity contribution is 0.872. The molecule has 0 saturated carbocycles. The molecule has 5 nitrogen and oxygen atoms in total. The summed E-state index contributed by atoms with van der Waals surface area (Å²) < 4.78 is 0. The van der Waals surface area contributed by atoms with Crippen molar-refractivity contribution in [3.05, 3.63) is 64.6 Å². The van der Waals surface area contributed by atoms with E-state index in [1.165, 1.54) is 22.0 Å². The summed E-state index contributed by atoms with van der Waals surface area (Å²) in [7, 11) is 0. The molecular weight excluding hydrogens is 334 g/mol. The fraction of sp³-hybridized carbons (Fsp3) is 0.211. The van der Waals surface area contributed by atoms with Gasteiger partial charge in [-0.3, -0.25) is 0 Å². The number of H-pyrrole nitrogens is 2. The molecule has 4 rings (SSSR count). The van der Waals surface area contributed by atoms with Crippen LogP contribution in [0.5, 0.6) is 0 Å². The van der Waals surface area contributed by atoms with Gasteiger partial charge in [0.2, 0.25) is 0 Å². The Morgan fingerprint density at radius 3 is 2.56 bits per heavy atom. The summed E-state index contributed by atoms with van der Waals surface area (Å²) in [5, 5.41) is 16.3. The highest BCUT2D eigenvalue weighted by Gasteiger charge is 2.18. The molecule has 4 aromatic rings. The van der Waals surface area contributed by atoms with Gasteiger partial charge in [0.15, 0.2) is 5.82 Å². The van der Waals surface area contributed by atoms with Gasteiger partial charge in [0.25, 0.3) is 0 Å². The zero-order valence-electron chi connectivity index (χ0n) is 14.0. The van der Waals surface area contributed by atoms with Crippen molar-refractivity contribution < 1.29 is 0 Å². The maximum absolute atomic E-state index is 6.07. The summed E-state index contributed by atoms with van der Waals surface area (Å²) in [6.45, 7) is 4.41. The third-order valence-corrected chi connectivity index (χ3v) is 4.67. The molecule has 0 bridgehead atoms. The normalized spacial score (nSPS) is 11.5. The molecule has 0 aliphatic carbocycles. The zero-order chi connectivity index (χ0) is 17.4. The van der Waals surface area contributed by atoms with Crippen molar-refractivity contribution >= 4 is 22.5 Å². The molecule has 0 aliphatic heterocycles. The average Bonchev–Trinajstić information content (AvgIpc) is 3.23. The predicted octanol–water partition coefficient (Wildman–Crippen LogP) is 4.72. The van der Waals surface area contributed by atoms with Gasteiger partial charge in [-0.05, 0) is 29.2 Å². The molecule has 0 unspecified atom stereocenters. The summed E-state index contributed by atoms with van der Waals surface area (Å²) in [4.78, 5) is 3.61. The van der Waals surface area contributed by atoms with E-state index in [2.05, 4.69) is 57.7 Å². The standard InChI is InChI=1S/C19H18ClN5/c1-11(2)14-4-3-5-15-18(12-6-8-13(20)9-7-12)16(21-19(14)15)10-17-22-24-25-23-17/h3-9,11,21H,10H2,1-2H3,(H,22,23,24,25). The summed E-state index contributed by atoms with van der Waals surface area (Å²) in [6, 6.07) is 14.4. The predicted molar refractivity (Wildman–Crippen MR) is 99.8 cm³/mol. The number of hydrogen-bond acceptors (Lipinski definition) is 3. The van der Waals surface area contributed by atoms with Crippen LogP contribution in [0.1, 0.15) is 36.8 Å². The SMILES string of the molecule is CC(C)c1cccc2c(-c3ccc(Cl)cc3)c(Cc3nn[nH]n3)[nH]c12. The van der Waals surface area contributed by atoms with Crippen molar-refractivity contribution in [3.8, 4) is 11.1 Å². The van der Waals surface area contributed by atoms with Gasteiger partial charge in [-0.25, -0.2) is 0 Å². The number of fused-ring (bicyclic) bond motifs is 1. The molecule has 0 amide bonds. The van der Waals surface area contributed by atoms with Crippen LogP contribution in [0.15, 0.2) is 42.5 Å². The van der Waals surface area contributed by atoms with E-state index in [-0.39, 0.29) is 0 Å². The smallest absolute Gasteiger partial charge is 0.180 e. The second kappa shape index (κ2) is 6.33. The number of nitrogens with zero attached hydrogens (tertiary/aromatic N) is 3. The zero-order valence-corrected chi connectivity index (χ0v) is 14.8. The van der Waals surface area contributed by atoms with Crippen LogP contribution in [-0.2, 0) is 6.42 Å². The van der Waals surface area contributed by atoms with Gasteiger partial charge >= 0.3 is 0 Å². The first-order valence-corrected chi connectivity index (χ1v) is 8.63. The van der Waals surface area contributed by atoms with E-state index >= 15 is 0 Å². The lowest BCUT2D eigenvalue weighted by Crippen LogP contribution is -1.94. The van der Waals surface area contributed by atoms with Crippen LogP contribution < -0.4 is 0 Å². The summed E-state index contributed by atoms with van der Waals surface area (Å²) in [5.74, 6) is 1.09. The van der Waals surface area contributed by atoms with E-state index in [1.807, 2.05) is 24.3 Å². The second-order valence-electron chi connectivity index (χ2n) is 6.41. The van der Waals surface area contributed by atoms with E-state index in [4.69, 9.17) is 11.6 Å². The summed E-state index contributed by atoms with van der Waals surface area (Å²) in [5.41, 5.74) is 5.83. The highest BCUT2D eigenvalue weighted by molar-refractivity contribution is 6.30. The molecule has 0 saturated heterocycles. The first-order chi connectivity index (χ1) is 12.1. The van der Waals surface area contributed by atoms with Crippen molar-refractivity contribution in [3.63, 3.8) is 0 Å². The molecule has 0 fully saturated rings. The maximum atomic E-state index is 6.07. The molecule has 2 N–H and O–H groups in total. The fourth-order valence-electron chi connectivity index (χ4n) is 3.27. The first-order valence-electron chi connectivity index (χ1n) is 8.25.